The summed E-state index contributed by atoms with van der Waals surface area (Å²) in [5.74, 6) is -2.00. The molecule has 3 N–H and O–H groups in total. The van der Waals surface area contributed by atoms with Gasteiger partial charge in [0.1, 0.15) is 12.6 Å². The normalized spacial score (nSPS) is 14.8. The Morgan fingerprint density at radius 2 is 1.40 bits per heavy atom. The second-order valence-corrected chi connectivity index (χ2v) is 11.1. The average Bonchev–Trinajstić information content (AvgIpc) is 3.25. The van der Waals surface area contributed by atoms with Crippen molar-refractivity contribution in [1.29, 1.82) is 0 Å². The number of carboxylic acid groups (broad SMARTS) is 1. The van der Waals surface area contributed by atoms with Gasteiger partial charge < -0.3 is 25.2 Å². The summed E-state index contributed by atoms with van der Waals surface area (Å²) in [5.41, 5.74) is 4.54. The van der Waals surface area contributed by atoms with Crippen LogP contribution in [0.1, 0.15) is 50.3 Å². The van der Waals surface area contributed by atoms with Crippen LogP contribution in [0.2, 0.25) is 0 Å². The predicted octanol–water partition coefficient (Wildman–Crippen LogP) is 5.11. The first-order valence-electron chi connectivity index (χ1n) is 13.4. The number of rotatable bonds is 10. The Kier molecular flexibility index (Phi) is 8.90. The molecule has 0 spiro atoms. The van der Waals surface area contributed by atoms with Crippen molar-refractivity contribution in [3.63, 3.8) is 0 Å². The molecule has 0 bridgehead atoms. The summed E-state index contributed by atoms with van der Waals surface area (Å²) < 4.78 is 11.4. The molecule has 1 aliphatic rings. The van der Waals surface area contributed by atoms with Gasteiger partial charge in [0.15, 0.2) is 6.04 Å². The topological polar surface area (TPSA) is 114 Å². The van der Waals surface area contributed by atoms with Gasteiger partial charge in [0.05, 0.1) is 12.7 Å². The summed E-state index contributed by atoms with van der Waals surface area (Å²) >= 11 is 0. The minimum absolute atomic E-state index is 0.0977. The molecule has 0 radical (unpaired) electrons. The van der Waals surface area contributed by atoms with E-state index in [0.29, 0.717) is 0 Å². The molecule has 0 heterocycles. The molecule has 2 amide bonds. The van der Waals surface area contributed by atoms with Crippen LogP contribution in [0.3, 0.4) is 0 Å². The third kappa shape index (κ3) is 6.69. The zero-order valence-corrected chi connectivity index (χ0v) is 23.2. The Labute approximate surface area is 234 Å². The SMILES string of the molecule is CC(OCc1ccccc1)C(NC(=O)C(NC(=O)OCC1c2ccccc2-c2ccccc21)C(C)(C)C)C(=O)O. The van der Waals surface area contributed by atoms with Crippen LogP contribution >= 0.6 is 0 Å². The lowest BCUT2D eigenvalue weighted by atomic mass is 9.86. The molecule has 0 aliphatic heterocycles. The number of hydrogen-bond acceptors (Lipinski definition) is 5. The molecular formula is C32H36N2O6. The Hall–Kier alpha value is -4.17. The van der Waals surface area contributed by atoms with E-state index in [2.05, 4.69) is 22.8 Å². The molecule has 8 heteroatoms. The Bertz CT molecular complexity index is 1310. The number of benzene rings is 3. The number of nitrogens with one attached hydrogen (secondary N) is 2. The molecule has 3 unspecified atom stereocenters. The van der Waals surface area contributed by atoms with Crippen molar-refractivity contribution in [1.82, 2.24) is 10.6 Å². The second kappa shape index (κ2) is 12.3. The molecule has 3 atom stereocenters. The van der Waals surface area contributed by atoms with Gasteiger partial charge in [0, 0.05) is 5.92 Å². The Morgan fingerprint density at radius 3 is 1.95 bits per heavy atom. The number of carboxylic acids is 1. The maximum atomic E-state index is 13.3. The van der Waals surface area contributed by atoms with Gasteiger partial charge in [-0.25, -0.2) is 9.59 Å². The summed E-state index contributed by atoms with van der Waals surface area (Å²) in [6.07, 6.45) is -1.58. The molecule has 4 rings (SSSR count). The zero-order valence-electron chi connectivity index (χ0n) is 23.2. The maximum Gasteiger partial charge on any atom is 0.407 e. The fourth-order valence-electron chi connectivity index (χ4n) is 4.95. The van der Waals surface area contributed by atoms with Crippen LogP contribution in [-0.2, 0) is 25.7 Å². The van der Waals surface area contributed by atoms with Crippen LogP contribution in [0.25, 0.3) is 11.1 Å². The first kappa shape index (κ1) is 28.8. The van der Waals surface area contributed by atoms with Crippen LogP contribution in [0.4, 0.5) is 4.79 Å². The summed E-state index contributed by atoms with van der Waals surface area (Å²) in [6, 6.07) is 23.0. The molecule has 0 saturated carbocycles. The highest BCUT2D eigenvalue weighted by molar-refractivity contribution is 5.90. The van der Waals surface area contributed by atoms with Gasteiger partial charge in [-0.1, -0.05) is 99.6 Å². The van der Waals surface area contributed by atoms with Gasteiger partial charge in [-0.15, -0.1) is 0 Å². The Balaban J connectivity index is 1.40. The van der Waals surface area contributed by atoms with E-state index >= 15 is 0 Å². The van der Waals surface area contributed by atoms with Gasteiger partial charge in [0.2, 0.25) is 5.91 Å². The quantitative estimate of drug-likeness (QED) is 0.327. The van der Waals surface area contributed by atoms with E-state index in [9.17, 15) is 19.5 Å². The van der Waals surface area contributed by atoms with Crippen LogP contribution < -0.4 is 10.6 Å². The van der Waals surface area contributed by atoms with E-state index in [-0.39, 0.29) is 19.1 Å². The Morgan fingerprint density at radius 1 is 0.850 bits per heavy atom. The number of aliphatic carboxylic acids is 1. The number of alkyl carbamates (subject to hydrolysis) is 1. The molecule has 8 nitrogen and oxygen atoms in total. The lowest BCUT2D eigenvalue weighted by molar-refractivity contribution is -0.147. The number of amides is 2. The summed E-state index contributed by atoms with van der Waals surface area (Å²) in [5, 5.41) is 15.0. The second-order valence-electron chi connectivity index (χ2n) is 11.1. The number of fused-ring (bicyclic) bond motifs is 3. The molecule has 0 aromatic heterocycles. The molecule has 3 aromatic rings. The molecular weight excluding hydrogens is 508 g/mol. The fourth-order valence-corrected chi connectivity index (χ4v) is 4.95. The molecule has 210 valence electrons. The summed E-state index contributed by atoms with van der Waals surface area (Å²) in [6.45, 7) is 7.24. The third-order valence-corrected chi connectivity index (χ3v) is 7.12. The van der Waals surface area contributed by atoms with E-state index in [0.717, 1.165) is 27.8 Å². The minimum atomic E-state index is -1.31. The highest BCUT2D eigenvalue weighted by Gasteiger charge is 2.37. The van der Waals surface area contributed by atoms with Crippen molar-refractivity contribution in [2.45, 2.75) is 58.4 Å². The lowest BCUT2D eigenvalue weighted by Crippen LogP contribution is -2.58. The standard InChI is InChI=1S/C32H36N2O6/c1-20(39-18-21-12-6-5-7-13-21)27(30(36)37)33-29(35)28(32(2,3)4)34-31(38)40-19-26-24-16-10-8-14-22(24)23-15-9-11-17-25(23)26/h5-17,20,26-28H,18-19H2,1-4H3,(H,33,35)(H,34,38)(H,36,37). The average molecular weight is 545 g/mol. The van der Waals surface area contributed by atoms with Gasteiger partial charge >= 0.3 is 12.1 Å². The highest BCUT2D eigenvalue weighted by atomic mass is 16.5. The molecule has 3 aromatic carbocycles. The zero-order chi connectivity index (χ0) is 28.9. The first-order chi connectivity index (χ1) is 19.1. The van der Waals surface area contributed by atoms with Crippen molar-refractivity contribution in [3.8, 4) is 11.1 Å². The summed E-state index contributed by atoms with van der Waals surface area (Å²) in [7, 11) is 0. The fraction of sp³-hybridized carbons (Fsp3) is 0.344. The predicted molar refractivity (Wildman–Crippen MR) is 152 cm³/mol. The molecule has 0 saturated heterocycles. The van der Waals surface area contributed by atoms with Gasteiger partial charge in [-0.2, -0.15) is 0 Å². The van der Waals surface area contributed by atoms with Gasteiger partial charge in [-0.3, -0.25) is 4.79 Å². The molecule has 1 aliphatic carbocycles. The number of ether oxygens (including phenoxy) is 2. The third-order valence-electron chi connectivity index (χ3n) is 7.12. The molecule has 40 heavy (non-hydrogen) atoms. The van der Waals surface area contributed by atoms with Crippen molar-refractivity contribution in [2.24, 2.45) is 5.41 Å². The van der Waals surface area contributed by atoms with Crippen LogP contribution in [0.15, 0.2) is 78.9 Å². The lowest BCUT2D eigenvalue weighted by Gasteiger charge is -2.32. The van der Waals surface area contributed by atoms with Gasteiger partial charge in [-0.05, 0) is 40.2 Å². The van der Waals surface area contributed by atoms with E-state index in [4.69, 9.17) is 9.47 Å². The van der Waals surface area contributed by atoms with Gasteiger partial charge in [0.25, 0.3) is 0 Å². The largest absolute Gasteiger partial charge is 0.480 e. The van der Waals surface area contributed by atoms with E-state index in [1.54, 1.807) is 27.7 Å². The minimum Gasteiger partial charge on any atom is -0.480 e. The maximum absolute atomic E-state index is 13.3. The van der Waals surface area contributed by atoms with Crippen LogP contribution in [0, 0.1) is 5.41 Å². The van der Waals surface area contributed by atoms with E-state index < -0.39 is 41.6 Å². The van der Waals surface area contributed by atoms with Crippen LogP contribution in [-0.4, -0.2) is 47.9 Å². The van der Waals surface area contributed by atoms with E-state index in [1.807, 2.05) is 66.7 Å². The number of carbonyl (C=O) groups is 3. The highest BCUT2D eigenvalue weighted by Crippen LogP contribution is 2.44. The van der Waals surface area contributed by atoms with E-state index in [1.165, 1.54) is 0 Å². The number of hydrogen-bond donors (Lipinski definition) is 3. The van der Waals surface area contributed by atoms with Crippen molar-refractivity contribution in [3.05, 3.63) is 95.6 Å². The number of carbonyl (C=O) groups excluding carboxylic acids is 2. The molecule has 0 fully saturated rings. The van der Waals surface area contributed by atoms with Crippen molar-refractivity contribution >= 4 is 18.0 Å². The smallest absolute Gasteiger partial charge is 0.407 e. The summed E-state index contributed by atoms with van der Waals surface area (Å²) in [4.78, 5) is 38.3. The monoisotopic (exact) mass is 544 g/mol. The van der Waals surface area contributed by atoms with Crippen LogP contribution in [0.5, 0.6) is 0 Å². The van der Waals surface area contributed by atoms with Crippen molar-refractivity contribution < 1.29 is 29.0 Å². The first-order valence-corrected chi connectivity index (χ1v) is 13.4. The van der Waals surface area contributed by atoms with Crippen molar-refractivity contribution in [2.75, 3.05) is 6.61 Å².